The zero-order chi connectivity index (χ0) is 13.8. The van der Waals surface area contributed by atoms with Crippen LogP contribution in [0.4, 0.5) is 10.5 Å². The van der Waals surface area contributed by atoms with E-state index in [1.807, 2.05) is 23.1 Å². The van der Waals surface area contributed by atoms with Crippen molar-refractivity contribution in [2.45, 2.75) is 26.7 Å². The Hall–Kier alpha value is -1.71. The van der Waals surface area contributed by atoms with Gasteiger partial charge >= 0.3 is 6.03 Å². The van der Waals surface area contributed by atoms with E-state index in [0.29, 0.717) is 5.92 Å². The molecule has 0 spiro atoms. The first-order chi connectivity index (χ1) is 9.15. The van der Waals surface area contributed by atoms with Gasteiger partial charge in [0.2, 0.25) is 0 Å². The third-order valence-corrected chi connectivity index (χ3v) is 3.41. The summed E-state index contributed by atoms with van der Waals surface area (Å²) in [6, 6.07) is 5.92. The van der Waals surface area contributed by atoms with Crippen LogP contribution < -0.4 is 15.0 Å². The maximum Gasteiger partial charge on any atom is 0.321 e. The van der Waals surface area contributed by atoms with E-state index in [9.17, 15) is 4.79 Å². The molecule has 0 saturated carbocycles. The van der Waals surface area contributed by atoms with E-state index in [1.165, 1.54) is 5.56 Å². The summed E-state index contributed by atoms with van der Waals surface area (Å²) in [6.45, 7) is 5.71. The SMILES string of the molecule is CCCNC(=O)N1CC(C)Cc2cc(OC)ccc21. The van der Waals surface area contributed by atoms with Crippen LogP contribution in [0.2, 0.25) is 0 Å². The van der Waals surface area contributed by atoms with Crippen molar-refractivity contribution in [3.63, 3.8) is 0 Å². The number of urea groups is 1. The van der Waals surface area contributed by atoms with Crippen molar-refractivity contribution in [2.24, 2.45) is 5.92 Å². The van der Waals surface area contributed by atoms with Crippen LogP contribution in [0.1, 0.15) is 25.8 Å². The molecule has 1 aromatic carbocycles. The van der Waals surface area contributed by atoms with Crippen molar-refractivity contribution in [1.29, 1.82) is 0 Å². The number of methoxy groups -OCH3 is 1. The van der Waals surface area contributed by atoms with E-state index in [1.54, 1.807) is 7.11 Å². The van der Waals surface area contributed by atoms with Crippen LogP contribution in [-0.2, 0) is 6.42 Å². The van der Waals surface area contributed by atoms with Gasteiger partial charge in [-0.3, -0.25) is 4.90 Å². The minimum absolute atomic E-state index is 0.000170. The predicted octanol–water partition coefficient (Wildman–Crippen LogP) is 2.81. The van der Waals surface area contributed by atoms with Crippen molar-refractivity contribution in [2.75, 3.05) is 25.1 Å². The molecule has 1 aromatic rings. The van der Waals surface area contributed by atoms with Crippen LogP contribution in [0.3, 0.4) is 0 Å². The average Bonchev–Trinajstić information content (AvgIpc) is 2.42. The Morgan fingerprint density at radius 2 is 2.32 bits per heavy atom. The molecule has 0 fully saturated rings. The highest BCUT2D eigenvalue weighted by Gasteiger charge is 2.26. The summed E-state index contributed by atoms with van der Waals surface area (Å²) in [5.41, 5.74) is 2.19. The first kappa shape index (κ1) is 13.7. The van der Waals surface area contributed by atoms with Crippen LogP contribution in [0.5, 0.6) is 5.75 Å². The number of fused-ring (bicyclic) bond motifs is 1. The minimum Gasteiger partial charge on any atom is -0.497 e. The van der Waals surface area contributed by atoms with Crippen molar-refractivity contribution < 1.29 is 9.53 Å². The van der Waals surface area contributed by atoms with Gasteiger partial charge in [-0.25, -0.2) is 4.79 Å². The van der Waals surface area contributed by atoms with Crippen molar-refractivity contribution in [3.05, 3.63) is 23.8 Å². The van der Waals surface area contributed by atoms with Crippen molar-refractivity contribution >= 4 is 11.7 Å². The van der Waals surface area contributed by atoms with Gasteiger partial charge in [0.15, 0.2) is 0 Å². The molecule has 1 heterocycles. The standard InChI is InChI=1S/C15H22N2O2/c1-4-7-16-15(18)17-10-11(2)8-12-9-13(19-3)5-6-14(12)17/h5-6,9,11H,4,7-8,10H2,1-3H3,(H,16,18). The van der Waals surface area contributed by atoms with Gasteiger partial charge in [-0.15, -0.1) is 0 Å². The molecule has 1 unspecified atom stereocenters. The third kappa shape index (κ3) is 3.00. The predicted molar refractivity (Wildman–Crippen MR) is 76.9 cm³/mol. The van der Waals surface area contributed by atoms with E-state index in [2.05, 4.69) is 19.2 Å². The lowest BCUT2D eigenvalue weighted by atomic mass is 9.94. The van der Waals surface area contributed by atoms with Gasteiger partial charge in [-0.2, -0.15) is 0 Å². The van der Waals surface area contributed by atoms with Crippen molar-refractivity contribution in [3.8, 4) is 5.75 Å². The fraction of sp³-hybridized carbons (Fsp3) is 0.533. The second kappa shape index (κ2) is 5.95. The van der Waals surface area contributed by atoms with Crippen molar-refractivity contribution in [1.82, 2.24) is 5.32 Å². The van der Waals surface area contributed by atoms with Crippen LogP contribution in [-0.4, -0.2) is 26.2 Å². The number of nitrogens with one attached hydrogen (secondary N) is 1. The number of hydrogen-bond acceptors (Lipinski definition) is 2. The molecule has 4 nitrogen and oxygen atoms in total. The first-order valence-corrected chi connectivity index (χ1v) is 6.88. The summed E-state index contributed by atoms with van der Waals surface area (Å²) < 4.78 is 5.26. The smallest absolute Gasteiger partial charge is 0.321 e. The van der Waals surface area contributed by atoms with Gasteiger partial charge in [-0.1, -0.05) is 13.8 Å². The molecule has 1 N–H and O–H groups in total. The lowest BCUT2D eigenvalue weighted by molar-refractivity contribution is 0.244. The van der Waals surface area contributed by atoms with Gasteiger partial charge in [0.05, 0.1) is 7.11 Å². The summed E-state index contributed by atoms with van der Waals surface area (Å²) >= 11 is 0. The largest absolute Gasteiger partial charge is 0.497 e. The normalized spacial score (nSPS) is 17.8. The maximum absolute atomic E-state index is 12.2. The molecule has 2 amide bonds. The molecule has 104 valence electrons. The topological polar surface area (TPSA) is 41.6 Å². The molecule has 19 heavy (non-hydrogen) atoms. The summed E-state index contributed by atoms with van der Waals surface area (Å²) in [7, 11) is 1.67. The highest BCUT2D eigenvalue weighted by Crippen LogP contribution is 2.32. The second-order valence-electron chi connectivity index (χ2n) is 5.15. The van der Waals surface area contributed by atoms with Gasteiger partial charge < -0.3 is 10.1 Å². The number of carbonyl (C=O) groups excluding carboxylic acids is 1. The number of carbonyl (C=O) groups is 1. The van der Waals surface area contributed by atoms with Gasteiger partial charge in [0.25, 0.3) is 0 Å². The van der Waals surface area contributed by atoms with Crippen LogP contribution in [0.25, 0.3) is 0 Å². The van der Waals surface area contributed by atoms with E-state index in [-0.39, 0.29) is 6.03 Å². The summed E-state index contributed by atoms with van der Waals surface area (Å²) in [4.78, 5) is 14.0. The Labute approximate surface area is 114 Å². The molecule has 0 radical (unpaired) electrons. The summed E-state index contributed by atoms with van der Waals surface area (Å²) in [5.74, 6) is 1.31. The monoisotopic (exact) mass is 262 g/mol. The molecule has 2 rings (SSSR count). The Morgan fingerprint density at radius 3 is 3.00 bits per heavy atom. The lowest BCUT2D eigenvalue weighted by Crippen LogP contribution is -2.45. The maximum atomic E-state index is 12.2. The Balaban J connectivity index is 2.25. The number of benzene rings is 1. The Bertz CT molecular complexity index is 459. The number of rotatable bonds is 3. The van der Waals surface area contributed by atoms with Gasteiger partial charge in [0.1, 0.15) is 5.75 Å². The lowest BCUT2D eigenvalue weighted by Gasteiger charge is -2.33. The van der Waals surface area contributed by atoms with E-state index < -0.39 is 0 Å². The zero-order valence-corrected chi connectivity index (χ0v) is 11.9. The van der Waals surface area contributed by atoms with Gasteiger partial charge in [0, 0.05) is 18.8 Å². The van der Waals surface area contributed by atoms with Gasteiger partial charge in [-0.05, 0) is 42.5 Å². The molecule has 0 aliphatic carbocycles. The van der Waals surface area contributed by atoms with Crippen LogP contribution in [0.15, 0.2) is 18.2 Å². The quantitative estimate of drug-likeness (QED) is 0.910. The molecule has 4 heteroatoms. The Kier molecular flexibility index (Phi) is 4.30. The average molecular weight is 262 g/mol. The molecule has 1 aliphatic rings. The van der Waals surface area contributed by atoms with Crippen LogP contribution in [0, 0.1) is 5.92 Å². The Morgan fingerprint density at radius 1 is 1.53 bits per heavy atom. The van der Waals surface area contributed by atoms with E-state index >= 15 is 0 Å². The number of amides is 2. The summed E-state index contributed by atoms with van der Waals surface area (Å²) in [5, 5.41) is 2.95. The fourth-order valence-corrected chi connectivity index (χ4v) is 2.49. The highest BCUT2D eigenvalue weighted by atomic mass is 16.5. The van der Waals surface area contributed by atoms with E-state index in [4.69, 9.17) is 4.74 Å². The molecular weight excluding hydrogens is 240 g/mol. The van der Waals surface area contributed by atoms with E-state index in [0.717, 1.165) is 37.4 Å². The molecule has 1 atom stereocenters. The number of ether oxygens (including phenoxy) is 1. The molecule has 0 aromatic heterocycles. The molecule has 0 bridgehead atoms. The highest BCUT2D eigenvalue weighted by molar-refractivity contribution is 5.93. The molecule has 1 aliphatic heterocycles. The number of nitrogens with zero attached hydrogens (tertiary/aromatic N) is 1. The third-order valence-electron chi connectivity index (χ3n) is 3.41. The first-order valence-electron chi connectivity index (χ1n) is 6.88. The fourth-order valence-electron chi connectivity index (χ4n) is 2.49. The van der Waals surface area contributed by atoms with Crippen LogP contribution >= 0.6 is 0 Å². The second-order valence-corrected chi connectivity index (χ2v) is 5.15. The molecule has 0 saturated heterocycles. The minimum atomic E-state index is -0.000170. The molecular formula is C15H22N2O2. The number of hydrogen-bond donors (Lipinski definition) is 1. The zero-order valence-electron chi connectivity index (χ0n) is 11.9. The number of anilines is 1. The summed E-state index contributed by atoms with van der Waals surface area (Å²) in [6.07, 6.45) is 1.94.